The van der Waals surface area contributed by atoms with Gasteiger partial charge in [0.05, 0.1) is 12.7 Å². The predicted octanol–water partition coefficient (Wildman–Crippen LogP) is 1.34. The van der Waals surface area contributed by atoms with Crippen molar-refractivity contribution in [3.05, 3.63) is 58.9 Å². The summed E-state index contributed by atoms with van der Waals surface area (Å²) in [6, 6.07) is 10.2. The lowest BCUT2D eigenvalue weighted by atomic mass is 10.1. The molecule has 0 fully saturated rings. The summed E-state index contributed by atoms with van der Waals surface area (Å²) >= 11 is 0. The van der Waals surface area contributed by atoms with Gasteiger partial charge in [-0.05, 0) is 12.0 Å². The second-order valence-corrected chi connectivity index (χ2v) is 4.95. The van der Waals surface area contributed by atoms with Gasteiger partial charge < -0.3 is 16.0 Å². The monoisotopic (exact) mass is 283 g/mol. The number of benzene rings is 1. The Morgan fingerprint density at radius 3 is 2.90 bits per heavy atom. The molecule has 0 radical (unpaired) electrons. The summed E-state index contributed by atoms with van der Waals surface area (Å²) in [5, 5.41) is 3.06. The van der Waals surface area contributed by atoms with Crippen LogP contribution in [-0.4, -0.2) is 22.7 Å². The highest BCUT2D eigenvalue weighted by Gasteiger charge is 2.28. The van der Waals surface area contributed by atoms with Gasteiger partial charge in [0.1, 0.15) is 5.69 Å². The second-order valence-electron chi connectivity index (χ2n) is 4.95. The smallest absolute Gasteiger partial charge is 0.277 e. The summed E-state index contributed by atoms with van der Waals surface area (Å²) in [5.74, 6) is 0.701. The van der Waals surface area contributed by atoms with E-state index in [-0.39, 0.29) is 17.5 Å². The van der Waals surface area contributed by atoms with Gasteiger partial charge in [0.2, 0.25) is 5.95 Å². The first kappa shape index (κ1) is 13.2. The number of H-pyrrole nitrogens is 1. The zero-order valence-electron chi connectivity index (χ0n) is 11.5. The molecule has 1 aromatic heterocycles. The first-order valence-electron chi connectivity index (χ1n) is 6.76. The summed E-state index contributed by atoms with van der Waals surface area (Å²) in [6.45, 7) is 4.42. The Morgan fingerprint density at radius 2 is 2.19 bits per heavy atom. The molecule has 0 spiro atoms. The molecule has 0 aliphatic carbocycles. The maximum atomic E-state index is 11.9. The molecule has 6 heteroatoms. The largest absolute Gasteiger partial charge is 0.369 e. The lowest BCUT2D eigenvalue weighted by molar-refractivity contribution is 0.712. The molecule has 6 nitrogen and oxygen atoms in total. The van der Waals surface area contributed by atoms with Gasteiger partial charge in [-0.3, -0.25) is 9.78 Å². The standard InChI is InChI=1S/C15H17N5O/c1-2-11(8-10-6-4-3-5-7-10)20-9-17-12-13(20)18-15(16)19-14(12)21/h2-7,11,17H,1,8-9H2,(H3,16,18,19,21). The second kappa shape index (κ2) is 5.32. The number of nitrogen functional groups attached to an aromatic ring is 1. The zero-order chi connectivity index (χ0) is 14.8. The van der Waals surface area contributed by atoms with Crippen LogP contribution in [0.15, 0.2) is 47.8 Å². The minimum absolute atomic E-state index is 0.0369. The Kier molecular flexibility index (Phi) is 3.35. The van der Waals surface area contributed by atoms with Gasteiger partial charge in [-0.1, -0.05) is 36.4 Å². The van der Waals surface area contributed by atoms with Crippen molar-refractivity contribution < 1.29 is 0 Å². The van der Waals surface area contributed by atoms with Crippen LogP contribution in [0.3, 0.4) is 0 Å². The Hall–Kier alpha value is -2.76. The van der Waals surface area contributed by atoms with Gasteiger partial charge in [-0.2, -0.15) is 4.98 Å². The number of nitrogens with two attached hydrogens (primary N) is 1. The van der Waals surface area contributed by atoms with Crippen LogP contribution in [0.2, 0.25) is 0 Å². The molecule has 1 atom stereocenters. The summed E-state index contributed by atoms with van der Waals surface area (Å²) < 4.78 is 0. The summed E-state index contributed by atoms with van der Waals surface area (Å²) in [7, 11) is 0. The fourth-order valence-corrected chi connectivity index (χ4v) is 2.54. The van der Waals surface area contributed by atoms with Crippen LogP contribution in [0.4, 0.5) is 17.5 Å². The predicted molar refractivity (Wildman–Crippen MR) is 84.4 cm³/mol. The minimum atomic E-state index is -0.248. The summed E-state index contributed by atoms with van der Waals surface area (Å²) in [6.07, 6.45) is 2.66. The first-order chi connectivity index (χ1) is 10.2. The van der Waals surface area contributed by atoms with Gasteiger partial charge in [0.15, 0.2) is 5.82 Å². The molecule has 2 heterocycles. The van der Waals surface area contributed by atoms with Crippen molar-refractivity contribution in [2.24, 2.45) is 0 Å². The number of fused-ring (bicyclic) bond motifs is 1. The van der Waals surface area contributed by atoms with Crippen molar-refractivity contribution in [2.45, 2.75) is 12.5 Å². The molecule has 2 aromatic rings. The highest BCUT2D eigenvalue weighted by atomic mass is 16.1. The van der Waals surface area contributed by atoms with E-state index in [4.69, 9.17) is 5.73 Å². The minimum Gasteiger partial charge on any atom is -0.369 e. The third-order valence-corrected chi connectivity index (χ3v) is 3.58. The molecule has 1 aromatic carbocycles. The van der Waals surface area contributed by atoms with Crippen LogP contribution in [0, 0.1) is 0 Å². The van der Waals surface area contributed by atoms with Gasteiger partial charge in [0.25, 0.3) is 5.56 Å². The van der Waals surface area contributed by atoms with E-state index in [1.54, 1.807) is 0 Å². The Bertz CT molecular complexity index is 710. The number of aromatic nitrogens is 2. The Balaban J connectivity index is 1.91. The van der Waals surface area contributed by atoms with Crippen molar-refractivity contribution >= 4 is 17.5 Å². The fraction of sp³-hybridized carbons (Fsp3) is 0.200. The van der Waals surface area contributed by atoms with Crippen LogP contribution in [0.5, 0.6) is 0 Å². The zero-order valence-corrected chi connectivity index (χ0v) is 11.5. The van der Waals surface area contributed by atoms with Crippen LogP contribution in [-0.2, 0) is 6.42 Å². The third kappa shape index (κ3) is 2.47. The number of aromatic amines is 1. The molecular formula is C15H17N5O. The number of anilines is 3. The molecule has 4 N–H and O–H groups in total. The maximum Gasteiger partial charge on any atom is 0.277 e. The van der Waals surface area contributed by atoms with E-state index in [1.807, 2.05) is 29.2 Å². The van der Waals surface area contributed by atoms with Gasteiger partial charge >= 0.3 is 0 Å². The lowest BCUT2D eigenvalue weighted by Gasteiger charge is -2.26. The van der Waals surface area contributed by atoms with Gasteiger partial charge in [-0.25, -0.2) is 0 Å². The number of nitrogens with one attached hydrogen (secondary N) is 2. The molecule has 108 valence electrons. The van der Waals surface area contributed by atoms with Crippen molar-refractivity contribution in [1.29, 1.82) is 0 Å². The SMILES string of the molecule is C=CC(Cc1ccccc1)N1CNc2c1nc(N)[nH]c2=O. The van der Waals surface area contributed by atoms with E-state index in [0.29, 0.717) is 18.2 Å². The Morgan fingerprint density at radius 1 is 1.43 bits per heavy atom. The van der Waals surface area contributed by atoms with Crippen LogP contribution in [0.25, 0.3) is 0 Å². The van der Waals surface area contributed by atoms with E-state index in [9.17, 15) is 4.79 Å². The molecule has 21 heavy (non-hydrogen) atoms. The molecule has 0 saturated carbocycles. The number of hydrogen-bond acceptors (Lipinski definition) is 5. The summed E-state index contributed by atoms with van der Waals surface area (Å²) in [4.78, 5) is 20.6. The van der Waals surface area contributed by atoms with E-state index in [1.165, 1.54) is 5.56 Å². The normalized spacial score (nSPS) is 14.4. The van der Waals surface area contributed by atoms with E-state index < -0.39 is 0 Å². The van der Waals surface area contributed by atoms with Crippen LogP contribution >= 0.6 is 0 Å². The number of nitrogens with zero attached hydrogens (tertiary/aromatic N) is 2. The summed E-state index contributed by atoms with van der Waals surface area (Å²) in [5.41, 5.74) is 7.06. The average molecular weight is 283 g/mol. The fourth-order valence-electron chi connectivity index (χ4n) is 2.54. The lowest BCUT2D eigenvalue weighted by Crippen LogP contribution is -2.35. The van der Waals surface area contributed by atoms with Crippen molar-refractivity contribution in [2.75, 3.05) is 22.6 Å². The highest BCUT2D eigenvalue weighted by molar-refractivity contribution is 5.71. The first-order valence-corrected chi connectivity index (χ1v) is 6.76. The van der Waals surface area contributed by atoms with Crippen LogP contribution in [0.1, 0.15) is 5.56 Å². The van der Waals surface area contributed by atoms with Crippen molar-refractivity contribution in [1.82, 2.24) is 9.97 Å². The van der Waals surface area contributed by atoms with Crippen molar-refractivity contribution in [3.63, 3.8) is 0 Å². The average Bonchev–Trinajstić information content (AvgIpc) is 2.90. The topological polar surface area (TPSA) is 87.0 Å². The van der Waals surface area contributed by atoms with E-state index >= 15 is 0 Å². The maximum absolute atomic E-state index is 11.9. The molecule has 0 amide bonds. The van der Waals surface area contributed by atoms with Gasteiger partial charge in [0, 0.05) is 0 Å². The van der Waals surface area contributed by atoms with E-state index in [2.05, 4.69) is 34.0 Å². The van der Waals surface area contributed by atoms with Crippen molar-refractivity contribution in [3.8, 4) is 0 Å². The molecule has 1 aliphatic rings. The molecule has 0 bridgehead atoms. The van der Waals surface area contributed by atoms with Gasteiger partial charge in [-0.15, -0.1) is 6.58 Å². The van der Waals surface area contributed by atoms with E-state index in [0.717, 1.165) is 6.42 Å². The highest BCUT2D eigenvalue weighted by Crippen LogP contribution is 2.28. The molecular weight excluding hydrogens is 266 g/mol. The number of rotatable bonds is 4. The molecule has 1 aliphatic heterocycles. The molecule has 3 rings (SSSR count). The Labute approximate surface area is 122 Å². The van der Waals surface area contributed by atoms with Crippen LogP contribution < -0.4 is 21.5 Å². The molecule has 1 unspecified atom stereocenters. The molecule has 0 saturated heterocycles. The quantitative estimate of drug-likeness (QED) is 0.737. The third-order valence-electron chi connectivity index (χ3n) is 3.58. The number of hydrogen-bond donors (Lipinski definition) is 3.